The summed E-state index contributed by atoms with van der Waals surface area (Å²) in [6, 6.07) is 0. The van der Waals surface area contributed by atoms with Crippen LogP contribution in [0.1, 0.15) is 148 Å². The van der Waals surface area contributed by atoms with Crippen LogP contribution in [-0.4, -0.2) is 60.1 Å². The van der Waals surface area contributed by atoms with Crippen molar-refractivity contribution in [2.24, 2.45) is 11.5 Å². The summed E-state index contributed by atoms with van der Waals surface area (Å²) in [6.07, 6.45) is 23.7. The van der Waals surface area contributed by atoms with Crippen LogP contribution in [0, 0.1) is 0 Å². The van der Waals surface area contributed by atoms with Crippen molar-refractivity contribution >= 4 is 23.8 Å². The number of carbonyl (C=O) groups is 4. The highest BCUT2D eigenvalue weighted by atomic mass is 16.4. The summed E-state index contributed by atoms with van der Waals surface area (Å²) in [4.78, 5) is 41.7. The standard InChI is InChI=1S/C13H25NO.C6H16N2.C6H11NO.C6H10O4/c15-13-11-9-7-5-3-1-2-4-6-8-10-12-14-13;7-5-3-1-2-4-6-8;8-6-4-2-1-3-5-7-6;7-5(8)3-1-2-4-6(9)10/h1-12H2,(H,14,15);1-8H2;1-5H2,(H,7,8);1-4H2,(H,7,8)(H,9,10). The van der Waals surface area contributed by atoms with Gasteiger partial charge in [0.15, 0.2) is 0 Å². The van der Waals surface area contributed by atoms with E-state index in [0.29, 0.717) is 12.8 Å². The number of rotatable bonds is 10. The van der Waals surface area contributed by atoms with Crippen LogP contribution in [0.4, 0.5) is 0 Å². The van der Waals surface area contributed by atoms with Gasteiger partial charge in [0.1, 0.15) is 0 Å². The van der Waals surface area contributed by atoms with Gasteiger partial charge in [-0.25, -0.2) is 0 Å². The van der Waals surface area contributed by atoms with Gasteiger partial charge in [0, 0.05) is 38.8 Å². The van der Waals surface area contributed by atoms with E-state index >= 15 is 0 Å². The zero-order valence-corrected chi connectivity index (χ0v) is 25.8. The van der Waals surface area contributed by atoms with Gasteiger partial charge in [-0.3, -0.25) is 19.2 Å². The molecule has 2 amide bonds. The van der Waals surface area contributed by atoms with Crippen molar-refractivity contribution in [3.8, 4) is 0 Å². The largest absolute Gasteiger partial charge is 0.481 e. The van der Waals surface area contributed by atoms with Crippen molar-refractivity contribution in [2.45, 2.75) is 148 Å². The quantitative estimate of drug-likeness (QED) is 0.187. The van der Waals surface area contributed by atoms with E-state index in [9.17, 15) is 19.2 Å². The Labute approximate surface area is 249 Å². The van der Waals surface area contributed by atoms with Crippen molar-refractivity contribution in [2.75, 3.05) is 26.2 Å². The minimum absolute atomic E-state index is 0.0628. The fourth-order valence-electron chi connectivity index (χ4n) is 4.24. The summed E-state index contributed by atoms with van der Waals surface area (Å²) in [5.41, 5.74) is 10.6. The molecule has 0 atom stereocenters. The molecule has 242 valence electrons. The first-order chi connectivity index (χ1) is 19.8. The van der Waals surface area contributed by atoms with Crippen molar-refractivity contribution < 1.29 is 29.4 Å². The maximum Gasteiger partial charge on any atom is 0.303 e. The molecule has 0 aromatic rings. The zero-order chi connectivity index (χ0) is 30.8. The first-order valence-corrected chi connectivity index (χ1v) is 16.2. The van der Waals surface area contributed by atoms with Crippen LogP contribution in [0.2, 0.25) is 0 Å². The van der Waals surface area contributed by atoms with E-state index in [1.807, 2.05) is 0 Å². The number of hydrogen-bond acceptors (Lipinski definition) is 6. The van der Waals surface area contributed by atoms with Crippen molar-refractivity contribution in [3.63, 3.8) is 0 Å². The van der Waals surface area contributed by atoms with Crippen molar-refractivity contribution in [1.82, 2.24) is 10.6 Å². The molecule has 10 nitrogen and oxygen atoms in total. The van der Waals surface area contributed by atoms with Crippen LogP contribution in [0.15, 0.2) is 0 Å². The highest BCUT2D eigenvalue weighted by Crippen LogP contribution is 2.12. The third-order valence-corrected chi connectivity index (χ3v) is 6.75. The normalized spacial score (nSPS) is 16.7. The van der Waals surface area contributed by atoms with Gasteiger partial charge in [0.2, 0.25) is 11.8 Å². The number of hydrogen-bond donors (Lipinski definition) is 6. The summed E-state index contributed by atoms with van der Waals surface area (Å²) in [5, 5.41) is 22.1. The maximum absolute atomic E-state index is 11.3. The predicted octanol–water partition coefficient (Wildman–Crippen LogP) is 5.26. The minimum Gasteiger partial charge on any atom is -0.481 e. The second-order valence-electron chi connectivity index (χ2n) is 10.8. The summed E-state index contributed by atoms with van der Waals surface area (Å²) >= 11 is 0. The number of aliphatic carboxylic acids is 2. The van der Waals surface area contributed by atoms with Crippen LogP contribution >= 0.6 is 0 Å². The Morgan fingerprint density at radius 2 is 0.829 bits per heavy atom. The van der Waals surface area contributed by atoms with E-state index in [-0.39, 0.29) is 24.7 Å². The van der Waals surface area contributed by atoms with Gasteiger partial charge in [-0.05, 0) is 64.5 Å². The summed E-state index contributed by atoms with van der Waals surface area (Å²) in [5.74, 6) is -1.26. The molecule has 2 aliphatic heterocycles. The Balaban J connectivity index is 0. The van der Waals surface area contributed by atoms with Gasteiger partial charge in [0.05, 0.1) is 0 Å². The number of carbonyl (C=O) groups excluding carboxylic acids is 2. The van der Waals surface area contributed by atoms with E-state index in [2.05, 4.69) is 10.6 Å². The number of nitrogens with one attached hydrogen (secondary N) is 2. The molecule has 41 heavy (non-hydrogen) atoms. The van der Waals surface area contributed by atoms with E-state index in [1.165, 1.54) is 70.6 Å². The fraction of sp³-hybridized carbons (Fsp3) is 0.871. The molecule has 2 fully saturated rings. The first-order valence-electron chi connectivity index (χ1n) is 16.2. The SMILES string of the molecule is NCCCCCCN.O=C(O)CCCCC(=O)O.O=C1CCCCCCCCCCCCN1.O=C1CCCCCN1. The second-order valence-corrected chi connectivity index (χ2v) is 10.8. The molecule has 10 heteroatoms. The molecule has 2 rings (SSSR count). The Hall–Kier alpha value is -2.20. The van der Waals surface area contributed by atoms with Crippen molar-refractivity contribution in [1.29, 1.82) is 0 Å². The predicted molar refractivity (Wildman–Crippen MR) is 166 cm³/mol. The maximum atomic E-state index is 11.3. The van der Waals surface area contributed by atoms with Crippen molar-refractivity contribution in [3.05, 3.63) is 0 Å². The second kappa shape index (κ2) is 34.0. The fourth-order valence-corrected chi connectivity index (χ4v) is 4.24. The number of nitrogens with two attached hydrogens (primary N) is 2. The first kappa shape index (κ1) is 40.9. The molecule has 0 radical (unpaired) electrons. The number of unbranched alkanes of at least 4 members (excludes halogenated alkanes) is 4. The molecule has 8 N–H and O–H groups in total. The molecule has 2 heterocycles. The monoisotopic (exact) mass is 586 g/mol. The Morgan fingerprint density at radius 1 is 0.512 bits per heavy atom. The lowest BCUT2D eigenvalue weighted by Crippen LogP contribution is -2.23. The highest BCUT2D eigenvalue weighted by molar-refractivity contribution is 5.76. The molecule has 0 aromatic heterocycles. The van der Waals surface area contributed by atoms with E-state index in [0.717, 1.165) is 77.5 Å². The highest BCUT2D eigenvalue weighted by Gasteiger charge is 2.04. The smallest absolute Gasteiger partial charge is 0.303 e. The lowest BCUT2D eigenvalue weighted by Gasteiger charge is -2.07. The molecule has 0 aromatic carbocycles. The third kappa shape index (κ3) is 40.0. The van der Waals surface area contributed by atoms with Gasteiger partial charge in [-0.2, -0.15) is 0 Å². The summed E-state index contributed by atoms with van der Waals surface area (Å²) < 4.78 is 0. The minimum atomic E-state index is -0.870. The molecule has 0 saturated carbocycles. The lowest BCUT2D eigenvalue weighted by atomic mass is 10.0. The third-order valence-electron chi connectivity index (χ3n) is 6.75. The molecule has 0 bridgehead atoms. The zero-order valence-electron chi connectivity index (χ0n) is 25.8. The van der Waals surface area contributed by atoms with Crippen LogP contribution in [0.3, 0.4) is 0 Å². The van der Waals surface area contributed by atoms with Gasteiger partial charge < -0.3 is 32.3 Å². The average Bonchev–Trinajstić information content (AvgIpc) is 3.20. The molecule has 0 spiro atoms. The molecular formula is C31H62N4O6. The van der Waals surface area contributed by atoms with E-state index in [4.69, 9.17) is 21.7 Å². The number of amides is 2. The Morgan fingerprint density at radius 3 is 1.17 bits per heavy atom. The van der Waals surface area contributed by atoms with Crippen LogP contribution in [0.5, 0.6) is 0 Å². The van der Waals surface area contributed by atoms with Crippen LogP contribution < -0.4 is 22.1 Å². The number of carboxylic acid groups (broad SMARTS) is 2. The topological polar surface area (TPSA) is 185 Å². The van der Waals surface area contributed by atoms with E-state index < -0.39 is 11.9 Å². The van der Waals surface area contributed by atoms with Gasteiger partial charge in [0.25, 0.3) is 0 Å². The van der Waals surface area contributed by atoms with Gasteiger partial charge >= 0.3 is 11.9 Å². The molecule has 0 aliphatic carbocycles. The Kier molecular flexibility index (Phi) is 34.0. The van der Waals surface area contributed by atoms with Crippen LogP contribution in [-0.2, 0) is 19.2 Å². The Bertz CT molecular complexity index is 586. The van der Waals surface area contributed by atoms with Gasteiger partial charge in [-0.1, -0.05) is 70.6 Å². The van der Waals surface area contributed by atoms with E-state index in [1.54, 1.807) is 0 Å². The summed E-state index contributed by atoms with van der Waals surface area (Å²) in [7, 11) is 0. The molecule has 0 unspecified atom stereocenters. The summed E-state index contributed by atoms with van der Waals surface area (Å²) in [6.45, 7) is 3.42. The van der Waals surface area contributed by atoms with Gasteiger partial charge in [-0.15, -0.1) is 0 Å². The van der Waals surface area contributed by atoms with Crippen LogP contribution in [0.25, 0.3) is 0 Å². The number of carboxylic acids is 2. The molecule has 2 saturated heterocycles. The molecular weight excluding hydrogens is 524 g/mol. The lowest BCUT2D eigenvalue weighted by molar-refractivity contribution is -0.139. The average molecular weight is 587 g/mol. The molecule has 2 aliphatic rings.